The number of quaternary nitrogens is 1. The van der Waals surface area contributed by atoms with Crippen LogP contribution in [-0.2, 0) is 27.9 Å². The molecule has 0 fully saturated rings. The number of carbonyl (C=O) groups is 2. The van der Waals surface area contributed by atoms with Gasteiger partial charge in [0, 0.05) is 12.8 Å². The van der Waals surface area contributed by atoms with Crippen molar-refractivity contribution < 1.29 is 37.3 Å². The number of unbranched alkanes of at least 4 members (excludes halogenated alkanes) is 23. The molecule has 0 heterocycles. The van der Waals surface area contributed by atoms with Crippen LogP contribution in [0.3, 0.4) is 0 Å². The van der Waals surface area contributed by atoms with E-state index in [1.165, 1.54) is 83.5 Å². The van der Waals surface area contributed by atoms with Crippen LogP contribution in [0.4, 0.5) is 0 Å². The molecule has 0 aromatic rings. The largest absolute Gasteiger partial charge is 0.756 e. The first-order valence-electron chi connectivity index (χ1n) is 30.0. The minimum atomic E-state index is -4.71. The SMILES string of the molecule is CC/C=C/C/C=C/C/C=C/CCCCCCC(=O)NC(COP(=O)([O-])OCC[N+](C)(C)C)C(/C=C\CCCCCCCCCCCCC)OC(=O)CCCCCCC/C=C\C/C=C\C/C=C\C/C=C\CCCCC. The number of hydrogen-bond acceptors (Lipinski definition) is 7. The van der Waals surface area contributed by atoms with Gasteiger partial charge in [0.25, 0.3) is 7.82 Å². The number of likely N-dealkylation sites (N-methyl/N-ethyl adjacent to an activating group) is 1. The summed E-state index contributed by atoms with van der Waals surface area (Å²) in [4.78, 5) is 39.9. The van der Waals surface area contributed by atoms with E-state index in [-0.39, 0.29) is 31.3 Å². The van der Waals surface area contributed by atoms with Crippen LogP contribution >= 0.6 is 7.82 Å². The Balaban J connectivity index is 5.37. The lowest BCUT2D eigenvalue weighted by atomic mass is 10.0. The van der Waals surface area contributed by atoms with Gasteiger partial charge in [0.2, 0.25) is 5.91 Å². The first kappa shape index (κ1) is 70.9. The summed E-state index contributed by atoms with van der Waals surface area (Å²) < 4.78 is 30.2. The fourth-order valence-corrected chi connectivity index (χ4v) is 8.83. The van der Waals surface area contributed by atoms with Crippen molar-refractivity contribution >= 4 is 19.7 Å². The molecule has 10 heteroatoms. The number of esters is 1. The van der Waals surface area contributed by atoms with Gasteiger partial charge in [0.15, 0.2) is 0 Å². The fourth-order valence-electron chi connectivity index (χ4n) is 8.11. The Morgan fingerprint density at radius 3 is 1.32 bits per heavy atom. The van der Waals surface area contributed by atoms with Crippen molar-refractivity contribution in [2.45, 2.75) is 258 Å². The second-order valence-electron chi connectivity index (χ2n) is 21.1. The molecular formula is C64H113N2O7P. The molecule has 1 amide bonds. The van der Waals surface area contributed by atoms with Crippen LogP contribution in [0.15, 0.2) is 97.2 Å². The van der Waals surface area contributed by atoms with Crippen LogP contribution in [0.1, 0.15) is 245 Å². The van der Waals surface area contributed by atoms with E-state index < -0.39 is 26.6 Å². The lowest BCUT2D eigenvalue weighted by molar-refractivity contribution is -0.870. The van der Waals surface area contributed by atoms with Gasteiger partial charge >= 0.3 is 5.97 Å². The molecule has 1 N–H and O–H groups in total. The topological polar surface area (TPSA) is 114 Å². The summed E-state index contributed by atoms with van der Waals surface area (Å²) >= 11 is 0. The first-order valence-corrected chi connectivity index (χ1v) is 31.5. The molecule has 0 aliphatic rings. The van der Waals surface area contributed by atoms with E-state index in [2.05, 4.69) is 111 Å². The van der Waals surface area contributed by atoms with Crippen molar-refractivity contribution in [2.75, 3.05) is 40.9 Å². The van der Waals surface area contributed by atoms with Crippen molar-refractivity contribution in [1.82, 2.24) is 5.32 Å². The number of rotatable bonds is 53. The second-order valence-corrected chi connectivity index (χ2v) is 22.5. The number of hydrogen-bond donors (Lipinski definition) is 1. The number of amides is 1. The number of allylic oxidation sites excluding steroid dienone is 15. The molecule has 3 unspecified atom stereocenters. The third-order valence-electron chi connectivity index (χ3n) is 12.7. The van der Waals surface area contributed by atoms with Gasteiger partial charge in [-0.25, -0.2) is 0 Å². The van der Waals surface area contributed by atoms with Crippen LogP contribution in [-0.4, -0.2) is 69.4 Å². The zero-order valence-corrected chi connectivity index (χ0v) is 49.4. The van der Waals surface area contributed by atoms with Gasteiger partial charge in [-0.2, -0.15) is 0 Å². The van der Waals surface area contributed by atoms with E-state index in [9.17, 15) is 19.0 Å². The first-order chi connectivity index (χ1) is 35.9. The monoisotopic (exact) mass is 1050 g/mol. The van der Waals surface area contributed by atoms with Crippen molar-refractivity contribution in [1.29, 1.82) is 0 Å². The zero-order valence-electron chi connectivity index (χ0n) is 48.5. The maximum atomic E-state index is 13.5. The van der Waals surface area contributed by atoms with E-state index in [1.807, 2.05) is 33.3 Å². The predicted molar refractivity (Wildman–Crippen MR) is 316 cm³/mol. The Labute approximate surface area is 456 Å². The normalized spacial score (nSPS) is 14.4. The molecule has 0 saturated heterocycles. The summed E-state index contributed by atoms with van der Waals surface area (Å²) in [7, 11) is 1.14. The lowest BCUT2D eigenvalue weighted by Crippen LogP contribution is -2.47. The smallest absolute Gasteiger partial charge is 0.306 e. The Bertz CT molecular complexity index is 1590. The Morgan fingerprint density at radius 1 is 0.486 bits per heavy atom. The maximum absolute atomic E-state index is 13.5. The Kier molecular flexibility index (Phi) is 51.1. The summed E-state index contributed by atoms with van der Waals surface area (Å²) in [5.41, 5.74) is 0. The van der Waals surface area contributed by atoms with Crippen LogP contribution < -0.4 is 10.2 Å². The molecule has 0 bridgehead atoms. The third-order valence-corrected chi connectivity index (χ3v) is 13.7. The molecule has 426 valence electrons. The van der Waals surface area contributed by atoms with E-state index >= 15 is 0 Å². The van der Waals surface area contributed by atoms with E-state index in [1.54, 1.807) is 0 Å². The highest BCUT2D eigenvalue weighted by atomic mass is 31.2. The number of phosphoric ester groups is 1. The quantitative estimate of drug-likeness (QED) is 0.0212. The standard InChI is InChI=1S/C64H113N2O7P/c1-7-10-13-16-19-22-25-28-30-31-32-33-34-35-36-39-42-45-48-51-54-57-64(68)73-62(55-52-49-46-43-40-37-27-24-21-18-15-12-9-3)61(60-72-74(69,70)71-59-58-66(4,5)6)65-63(67)56-53-50-47-44-41-38-29-26-23-20-17-14-11-8-2/h11,14,19-20,22-23,28-30,32-33,35-36,38,52,55,61-62H,7-10,12-13,15-18,21,24-27,31,34,37,39-51,53-54,56-60H2,1-6H3,(H-,65,67,69,70)/b14-11+,22-19-,23-20+,30-28-,33-32-,36-35-,38-29+,55-52-. The lowest BCUT2D eigenvalue weighted by Gasteiger charge is -2.30. The highest BCUT2D eigenvalue weighted by Crippen LogP contribution is 2.38. The number of phosphoric acid groups is 1. The van der Waals surface area contributed by atoms with Gasteiger partial charge in [-0.1, -0.05) is 221 Å². The van der Waals surface area contributed by atoms with E-state index in [4.69, 9.17) is 13.8 Å². The van der Waals surface area contributed by atoms with Crippen molar-refractivity contribution in [3.63, 3.8) is 0 Å². The van der Waals surface area contributed by atoms with Crippen LogP contribution in [0, 0.1) is 0 Å². The summed E-state index contributed by atoms with van der Waals surface area (Å²) in [5.74, 6) is -0.593. The molecule has 0 spiro atoms. The highest BCUT2D eigenvalue weighted by molar-refractivity contribution is 7.45. The van der Waals surface area contributed by atoms with Crippen molar-refractivity contribution in [3.05, 3.63) is 97.2 Å². The third kappa shape index (κ3) is 53.7. The molecular weight excluding hydrogens is 940 g/mol. The molecule has 3 atom stereocenters. The highest BCUT2D eigenvalue weighted by Gasteiger charge is 2.27. The van der Waals surface area contributed by atoms with Gasteiger partial charge in [-0.15, -0.1) is 0 Å². The van der Waals surface area contributed by atoms with E-state index in [0.29, 0.717) is 23.9 Å². The summed E-state index contributed by atoms with van der Waals surface area (Å²) in [6.07, 6.45) is 70.8. The molecule has 0 aromatic heterocycles. The second kappa shape index (κ2) is 53.3. The predicted octanol–water partition coefficient (Wildman–Crippen LogP) is 17.8. The summed E-state index contributed by atoms with van der Waals surface area (Å²) in [6.45, 7) is 6.66. The Hall–Kier alpha value is -3.07. The molecule has 0 aliphatic heterocycles. The minimum Gasteiger partial charge on any atom is -0.756 e. The fraction of sp³-hybridized carbons (Fsp3) is 0.719. The molecule has 0 saturated carbocycles. The number of nitrogens with one attached hydrogen (secondary N) is 1. The summed E-state index contributed by atoms with van der Waals surface area (Å²) in [5, 5.41) is 3.00. The van der Waals surface area contributed by atoms with Gasteiger partial charge in [-0.05, 0) is 109 Å². The van der Waals surface area contributed by atoms with E-state index in [0.717, 1.165) is 116 Å². The van der Waals surface area contributed by atoms with Gasteiger partial charge < -0.3 is 28.5 Å². The number of ether oxygens (including phenoxy) is 1. The Morgan fingerprint density at radius 2 is 0.865 bits per heavy atom. The molecule has 9 nitrogen and oxygen atoms in total. The average molecular weight is 1050 g/mol. The van der Waals surface area contributed by atoms with Crippen molar-refractivity contribution in [3.8, 4) is 0 Å². The van der Waals surface area contributed by atoms with Crippen molar-refractivity contribution in [2.24, 2.45) is 0 Å². The van der Waals surface area contributed by atoms with Crippen LogP contribution in [0.5, 0.6) is 0 Å². The maximum Gasteiger partial charge on any atom is 0.306 e. The van der Waals surface area contributed by atoms with Gasteiger partial charge in [0.05, 0.1) is 33.8 Å². The minimum absolute atomic E-state index is 0.0348. The summed E-state index contributed by atoms with van der Waals surface area (Å²) in [6, 6.07) is -0.913. The van der Waals surface area contributed by atoms with Crippen LogP contribution in [0.2, 0.25) is 0 Å². The zero-order chi connectivity index (χ0) is 54.3. The molecule has 0 aliphatic carbocycles. The van der Waals surface area contributed by atoms with Gasteiger partial charge in [-0.3, -0.25) is 14.2 Å². The molecule has 0 rings (SSSR count). The van der Waals surface area contributed by atoms with Crippen LogP contribution in [0.25, 0.3) is 0 Å². The molecule has 0 aromatic carbocycles. The molecule has 74 heavy (non-hydrogen) atoms. The molecule has 0 radical (unpaired) electrons. The average Bonchev–Trinajstić information content (AvgIpc) is 3.36. The number of nitrogens with zero attached hydrogens (tertiary/aromatic N) is 1. The van der Waals surface area contributed by atoms with Gasteiger partial charge in [0.1, 0.15) is 19.3 Å². The number of carbonyl (C=O) groups excluding carboxylic acids is 2.